The van der Waals surface area contributed by atoms with Crippen molar-refractivity contribution in [3.63, 3.8) is 0 Å². The van der Waals surface area contributed by atoms with Crippen LogP contribution in [-0.4, -0.2) is 10.2 Å². The van der Waals surface area contributed by atoms with Gasteiger partial charge in [0.15, 0.2) is 11.5 Å². The summed E-state index contributed by atoms with van der Waals surface area (Å²) >= 11 is 0. The molecule has 0 aliphatic heterocycles. The summed E-state index contributed by atoms with van der Waals surface area (Å²) < 4.78 is 0. The molecule has 0 amide bonds. The fourth-order valence-electron chi connectivity index (χ4n) is 1.56. The van der Waals surface area contributed by atoms with Gasteiger partial charge in [0.2, 0.25) is 0 Å². The van der Waals surface area contributed by atoms with Gasteiger partial charge in [0.1, 0.15) is 6.07 Å². The molecule has 0 aliphatic rings. The fraction of sp³-hybridized carbons (Fsp3) is 0.214. The van der Waals surface area contributed by atoms with E-state index in [2.05, 4.69) is 41.5 Å². The Hall–Kier alpha value is -2.41. The maximum atomic E-state index is 8.63. The van der Waals surface area contributed by atoms with Gasteiger partial charge in [-0.25, -0.2) is 0 Å². The van der Waals surface area contributed by atoms with Crippen LogP contribution in [0, 0.1) is 11.3 Å². The predicted octanol–water partition coefficient (Wildman–Crippen LogP) is 3.22. The molecule has 0 saturated heterocycles. The molecule has 0 aliphatic carbocycles. The lowest BCUT2D eigenvalue weighted by Gasteiger charge is -2.08. The largest absolute Gasteiger partial charge is 0.339 e. The second kappa shape index (κ2) is 5.28. The van der Waals surface area contributed by atoms with Crippen LogP contribution in [0.4, 0.5) is 11.5 Å². The van der Waals surface area contributed by atoms with Gasteiger partial charge in [-0.15, -0.1) is 10.2 Å². The monoisotopic (exact) mass is 238 g/mol. The Bertz CT molecular complexity index is 550. The molecule has 0 saturated carbocycles. The van der Waals surface area contributed by atoms with Crippen molar-refractivity contribution in [3.8, 4) is 6.07 Å². The minimum absolute atomic E-state index is 0.315. The molecule has 0 bridgehead atoms. The molecule has 0 fully saturated rings. The molecule has 1 heterocycles. The number of nitriles is 1. The molecule has 1 aromatic heterocycles. The molecule has 2 aromatic rings. The molecular weight excluding hydrogens is 224 g/mol. The summed E-state index contributed by atoms with van der Waals surface area (Å²) in [4.78, 5) is 0. The van der Waals surface area contributed by atoms with Gasteiger partial charge in [-0.1, -0.05) is 26.0 Å². The Balaban J connectivity index is 2.11. The van der Waals surface area contributed by atoms with Gasteiger partial charge in [-0.2, -0.15) is 5.26 Å². The lowest BCUT2D eigenvalue weighted by atomic mass is 10.0. The van der Waals surface area contributed by atoms with E-state index < -0.39 is 0 Å². The van der Waals surface area contributed by atoms with Crippen LogP contribution in [0.25, 0.3) is 0 Å². The second-order valence-electron chi connectivity index (χ2n) is 4.32. The number of nitrogens with one attached hydrogen (secondary N) is 1. The number of rotatable bonds is 3. The highest BCUT2D eigenvalue weighted by atomic mass is 15.2. The molecule has 18 heavy (non-hydrogen) atoms. The zero-order valence-corrected chi connectivity index (χ0v) is 10.4. The highest BCUT2D eigenvalue weighted by Crippen LogP contribution is 2.19. The fourth-order valence-corrected chi connectivity index (χ4v) is 1.56. The minimum atomic E-state index is 0.315. The first-order valence-electron chi connectivity index (χ1n) is 5.80. The topological polar surface area (TPSA) is 61.6 Å². The average molecular weight is 238 g/mol. The van der Waals surface area contributed by atoms with Crippen molar-refractivity contribution in [3.05, 3.63) is 47.7 Å². The molecule has 90 valence electrons. The van der Waals surface area contributed by atoms with Crippen LogP contribution >= 0.6 is 0 Å². The van der Waals surface area contributed by atoms with Crippen LogP contribution in [0.2, 0.25) is 0 Å². The molecule has 0 atom stereocenters. The van der Waals surface area contributed by atoms with Crippen LogP contribution in [0.5, 0.6) is 0 Å². The Labute approximate surface area is 106 Å². The van der Waals surface area contributed by atoms with Gasteiger partial charge in [0.05, 0.1) is 0 Å². The summed E-state index contributed by atoms with van der Waals surface area (Å²) in [6.07, 6.45) is 0. The van der Waals surface area contributed by atoms with E-state index in [1.165, 1.54) is 5.56 Å². The molecule has 0 radical (unpaired) electrons. The third-order valence-corrected chi connectivity index (χ3v) is 2.63. The number of benzene rings is 1. The summed E-state index contributed by atoms with van der Waals surface area (Å²) in [7, 11) is 0. The van der Waals surface area contributed by atoms with Crippen molar-refractivity contribution in [1.82, 2.24) is 10.2 Å². The van der Waals surface area contributed by atoms with Crippen molar-refractivity contribution in [1.29, 1.82) is 5.26 Å². The third-order valence-electron chi connectivity index (χ3n) is 2.63. The molecule has 0 spiro atoms. The van der Waals surface area contributed by atoms with E-state index >= 15 is 0 Å². The zero-order chi connectivity index (χ0) is 13.0. The van der Waals surface area contributed by atoms with Crippen LogP contribution in [0.3, 0.4) is 0 Å². The van der Waals surface area contributed by atoms with Gasteiger partial charge in [0, 0.05) is 5.69 Å². The van der Waals surface area contributed by atoms with E-state index in [1.54, 1.807) is 12.1 Å². The summed E-state index contributed by atoms with van der Waals surface area (Å²) in [6, 6.07) is 13.5. The van der Waals surface area contributed by atoms with E-state index in [4.69, 9.17) is 5.26 Å². The molecule has 0 unspecified atom stereocenters. The number of anilines is 2. The van der Waals surface area contributed by atoms with E-state index in [9.17, 15) is 0 Å². The SMILES string of the molecule is CC(C)c1ccc(Nc2ccc(C#N)nn2)cc1. The van der Waals surface area contributed by atoms with Crippen molar-refractivity contribution in [2.75, 3.05) is 5.32 Å². The van der Waals surface area contributed by atoms with Crippen molar-refractivity contribution in [2.24, 2.45) is 0 Å². The predicted molar refractivity (Wildman–Crippen MR) is 70.6 cm³/mol. The van der Waals surface area contributed by atoms with E-state index in [-0.39, 0.29) is 0 Å². The normalized spacial score (nSPS) is 10.1. The Morgan fingerprint density at radius 2 is 1.78 bits per heavy atom. The Morgan fingerprint density at radius 1 is 1.06 bits per heavy atom. The van der Waals surface area contributed by atoms with E-state index in [0.717, 1.165) is 5.69 Å². The summed E-state index contributed by atoms with van der Waals surface area (Å²) in [5.74, 6) is 1.15. The van der Waals surface area contributed by atoms with E-state index in [1.807, 2.05) is 18.2 Å². The first-order valence-corrected chi connectivity index (χ1v) is 5.80. The summed E-state index contributed by atoms with van der Waals surface area (Å²) in [6.45, 7) is 4.32. The van der Waals surface area contributed by atoms with Crippen LogP contribution in [0.15, 0.2) is 36.4 Å². The van der Waals surface area contributed by atoms with Gasteiger partial charge >= 0.3 is 0 Å². The molecule has 1 aromatic carbocycles. The summed E-state index contributed by atoms with van der Waals surface area (Å²) in [5, 5.41) is 19.5. The smallest absolute Gasteiger partial charge is 0.163 e. The lowest BCUT2D eigenvalue weighted by Crippen LogP contribution is -1.97. The van der Waals surface area contributed by atoms with Gasteiger partial charge in [-0.05, 0) is 35.7 Å². The van der Waals surface area contributed by atoms with Crippen LogP contribution in [0.1, 0.15) is 31.0 Å². The lowest BCUT2D eigenvalue weighted by molar-refractivity contribution is 0.867. The van der Waals surface area contributed by atoms with Gasteiger partial charge < -0.3 is 5.32 Å². The molecular formula is C14H14N4. The van der Waals surface area contributed by atoms with Gasteiger partial charge in [-0.3, -0.25) is 0 Å². The van der Waals surface area contributed by atoms with Crippen molar-refractivity contribution >= 4 is 11.5 Å². The van der Waals surface area contributed by atoms with Crippen LogP contribution < -0.4 is 5.32 Å². The standard InChI is InChI=1S/C14H14N4/c1-10(2)11-3-5-12(6-4-11)16-14-8-7-13(9-15)17-18-14/h3-8,10H,1-2H3,(H,16,18). The van der Waals surface area contributed by atoms with E-state index in [0.29, 0.717) is 17.4 Å². The molecule has 4 nitrogen and oxygen atoms in total. The van der Waals surface area contributed by atoms with Crippen molar-refractivity contribution in [2.45, 2.75) is 19.8 Å². The minimum Gasteiger partial charge on any atom is -0.339 e. The first kappa shape index (κ1) is 12.1. The molecule has 2 rings (SSSR count). The Morgan fingerprint density at radius 3 is 2.28 bits per heavy atom. The zero-order valence-electron chi connectivity index (χ0n) is 10.4. The third kappa shape index (κ3) is 2.83. The highest BCUT2D eigenvalue weighted by molar-refractivity contribution is 5.56. The maximum absolute atomic E-state index is 8.63. The maximum Gasteiger partial charge on any atom is 0.163 e. The Kier molecular flexibility index (Phi) is 3.54. The average Bonchev–Trinajstić information content (AvgIpc) is 2.40. The van der Waals surface area contributed by atoms with Gasteiger partial charge in [0.25, 0.3) is 0 Å². The molecule has 4 heteroatoms. The first-order chi connectivity index (χ1) is 8.69. The molecule has 1 N–H and O–H groups in total. The summed E-state index contributed by atoms with van der Waals surface area (Å²) in [5.41, 5.74) is 2.57. The van der Waals surface area contributed by atoms with Crippen LogP contribution in [-0.2, 0) is 0 Å². The number of hydrogen-bond acceptors (Lipinski definition) is 4. The highest BCUT2D eigenvalue weighted by Gasteiger charge is 2.00. The second-order valence-corrected chi connectivity index (χ2v) is 4.32. The number of hydrogen-bond donors (Lipinski definition) is 1. The number of nitrogens with zero attached hydrogens (tertiary/aromatic N) is 3. The quantitative estimate of drug-likeness (QED) is 0.891. The number of aromatic nitrogens is 2. The van der Waals surface area contributed by atoms with Crippen molar-refractivity contribution < 1.29 is 0 Å².